The van der Waals surface area contributed by atoms with E-state index in [1.807, 2.05) is 4.90 Å². The smallest absolute Gasteiger partial charge is 0.226 e. The maximum atomic E-state index is 11.9. The number of carbonyl (C=O) groups excluding carboxylic acids is 1. The molecule has 0 radical (unpaired) electrons. The zero-order valence-corrected chi connectivity index (χ0v) is 8.04. The molecule has 1 amide bonds. The van der Waals surface area contributed by atoms with E-state index >= 15 is 0 Å². The molecule has 3 heteroatoms. The van der Waals surface area contributed by atoms with Gasteiger partial charge in [-0.1, -0.05) is 12.8 Å². The lowest BCUT2D eigenvalue weighted by Gasteiger charge is -2.24. The van der Waals surface area contributed by atoms with Crippen LogP contribution in [0.2, 0.25) is 0 Å². The number of nitrogens with zero attached hydrogens (tertiary/aromatic N) is 1. The van der Waals surface area contributed by atoms with Crippen molar-refractivity contribution in [3.63, 3.8) is 0 Å². The Morgan fingerprint density at radius 1 is 1.15 bits per heavy atom. The molecule has 1 heterocycles. The topological polar surface area (TPSA) is 46.3 Å². The minimum absolute atomic E-state index is 0.00750. The van der Waals surface area contributed by atoms with E-state index in [0.717, 1.165) is 32.2 Å². The van der Waals surface area contributed by atoms with Crippen LogP contribution < -0.4 is 5.73 Å². The van der Waals surface area contributed by atoms with Crippen LogP contribution in [0.5, 0.6) is 0 Å². The summed E-state index contributed by atoms with van der Waals surface area (Å²) in [5.74, 6) is 0.617. The molecular formula is C10H18N2O. The van der Waals surface area contributed by atoms with Gasteiger partial charge in [0.15, 0.2) is 0 Å². The van der Waals surface area contributed by atoms with Gasteiger partial charge in [0.1, 0.15) is 0 Å². The molecule has 13 heavy (non-hydrogen) atoms. The van der Waals surface area contributed by atoms with Gasteiger partial charge < -0.3 is 10.6 Å². The Bertz CT molecular complexity index is 199. The van der Waals surface area contributed by atoms with Crippen LogP contribution in [-0.4, -0.2) is 23.5 Å². The fourth-order valence-corrected chi connectivity index (χ4v) is 2.47. The second-order valence-corrected chi connectivity index (χ2v) is 4.22. The van der Waals surface area contributed by atoms with Crippen molar-refractivity contribution in [2.45, 2.75) is 44.7 Å². The first kappa shape index (κ1) is 9.00. The molecule has 1 saturated carbocycles. The van der Waals surface area contributed by atoms with Crippen LogP contribution in [0.25, 0.3) is 0 Å². The van der Waals surface area contributed by atoms with Crippen molar-refractivity contribution in [2.75, 3.05) is 6.54 Å². The van der Waals surface area contributed by atoms with Gasteiger partial charge in [-0.3, -0.25) is 4.79 Å². The van der Waals surface area contributed by atoms with Crippen LogP contribution in [0.4, 0.5) is 0 Å². The molecule has 0 bridgehead atoms. The SMILES string of the molecule is NC1CCCN1C(=O)C1CCCC1. The molecule has 0 aromatic rings. The largest absolute Gasteiger partial charge is 0.327 e. The Kier molecular flexibility index (Phi) is 2.54. The van der Waals surface area contributed by atoms with Crippen LogP contribution in [0, 0.1) is 5.92 Å². The molecular weight excluding hydrogens is 164 g/mol. The van der Waals surface area contributed by atoms with Crippen molar-refractivity contribution in [3.05, 3.63) is 0 Å². The number of carbonyl (C=O) groups is 1. The van der Waals surface area contributed by atoms with Gasteiger partial charge in [-0.05, 0) is 25.7 Å². The van der Waals surface area contributed by atoms with Crippen LogP contribution in [-0.2, 0) is 4.79 Å². The summed E-state index contributed by atoms with van der Waals surface area (Å²) in [6.45, 7) is 0.885. The van der Waals surface area contributed by atoms with Crippen molar-refractivity contribution < 1.29 is 4.79 Å². The third-order valence-electron chi connectivity index (χ3n) is 3.29. The van der Waals surface area contributed by atoms with E-state index in [-0.39, 0.29) is 6.17 Å². The Hall–Kier alpha value is -0.570. The first-order valence-electron chi connectivity index (χ1n) is 5.35. The summed E-state index contributed by atoms with van der Waals surface area (Å²) in [4.78, 5) is 13.8. The van der Waals surface area contributed by atoms with Gasteiger partial charge in [-0.25, -0.2) is 0 Å². The second kappa shape index (κ2) is 3.66. The average Bonchev–Trinajstić information content (AvgIpc) is 2.72. The molecule has 2 fully saturated rings. The number of likely N-dealkylation sites (tertiary alicyclic amines) is 1. The molecule has 0 aromatic carbocycles. The van der Waals surface area contributed by atoms with Crippen LogP contribution in [0.3, 0.4) is 0 Å². The van der Waals surface area contributed by atoms with E-state index in [2.05, 4.69) is 0 Å². The molecule has 0 aromatic heterocycles. The molecule has 1 aliphatic carbocycles. The summed E-state index contributed by atoms with van der Waals surface area (Å²) in [6.07, 6.45) is 6.69. The van der Waals surface area contributed by atoms with Crippen LogP contribution >= 0.6 is 0 Å². The molecule has 0 spiro atoms. The standard InChI is InChI=1S/C10H18N2O/c11-9-6-3-7-12(9)10(13)8-4-1-2-5-8/h8-9H,1-7,11H2. The van der Waals surface area contributed by atoms with Gasteiger partial charge in [0.2, 0.25) is 5.91 Å². The average molecular weight is 182 g/mol. The Morgan fingerprint density at radius 3 is 2.38 bits per heavy atom. The van der Waals surface area contributed by atoms with Gasteiger partial charge >= 0.3 is 0 Å². The normalized spacial score (nSPS) is 29.9. The van der Waals surface area contributed by atoms with Crippen molar-refractivity contribution in [2.24, 2.45) is 11.7 Å². The van der Waals surface area contributed by atoms with Gasteiger partial charge in [-0.15, -0.1) is 0 Å². The molecule has 3 nitrogen and oxygen atoms in total. The fourth-order valence-electron chi connectivity index (χ4n) is 2.47. The molecule has 1 atom stereocenters. The Morgan fingerprint density at radius 2 is 1.85 bits per heavy atom. The van der Waals surface area contributed by atoms with E-state index in [9.17, 15) is 4.79 Å². The number of nitrogens with two attached hydrogens (primary N) is 1. The third-order valence-corrected chi connectivity index (χ3v) is 3.29. The maximum absolute atomic E-state index is 11.9. The molecule has 1 saturated heterocycles. The van der Waals surface area contributed by atoms with E-state index in [1.54, 1.807) is 0 Å². The van der Waals surface area contributed by atoms with E-state index < -0.39 is 0 Å². The summed E-state index contributed by atoms with van der Waals surface area (Å²) < 4.78 is 0. The molecule has 1 aliphatic heterocycles. The highest BCUT2D eigenvalue weighted by Gasteiger charge is 2.32. The molecule has 2 aliphatic rings. The minimum Gasteiger partial charge on any atom is -0.327 e. The van der Waals surface area contributed by atoms with Crippen LogP contribution in [0.15, 0.2) is 0 Å². The second-order valence-electron chi connectivity index (χ2n) is 4.22. The zero-order chi connectivity index (χ0) is 9.26. The van der Waals surface area contributed by atoms with E-state index in [0.29, 0.717) is 11.8 Å². The Balaban J connectivity index is 1.95. The minimum atomic E-state index is 0.00750. The number of amides is 1. The quantitative estimate of drug-likeness (QED) is 0.659. The molecule has 2 N–H and O–H groups in total. The summed E-state index contributed by atoms with van der Waals surface area (Å²) >= 11 is 0. The third kappa shape index (κ3) is 1.70. The lowest BCUT2D eigenvalue weighted by atomic mass is 10.1. The first-order valence-corrected chi connectivity index (χ1v) is 5.35. The summed E-state index contributed by atoms with van der Waals surface area (Å²) in [5, 5.41) is 0. The lowest BCUT2D eigenvalue weighted by molar-refractivity contribution is -0.136. The number of hydrogen-bond acceptors (Lipinski definition) is 2. The van der Waals surface area contributed by atoms with E-state index in [4.69, 9.17) is 5.73 Å². The number of hydrogen-bond donors (Lipinski definition) is 1. The van der Waals surface area contributed by atoms with Gasteiger partial charge in [-0.2, -0.15) is 0 Å². The van der Waals surface area contributed by atoms with Gasteiger partial charge in [0, 0.05) is 12.5 Å². The Labute approximate surface area is 79.3 Å². The van der Waals surface area contributed by atoms with Gasteiger partial charge in [0.25, 0.3) is 0 Å². The molecule has 2 rings (SSSR count). The van der Waals surface area contributed by atoms with Crippen LogP contribution in [0.1, 0.15) is 38.5 Å². The monoisotopic (exact) mass is 182 g/mol. The molecule has 1 unspecified atom stereocenters. The maximum Gasteiger partial charge on any atom is 0.226 e. The van der Waals surface area contributed by atoms with Gasteiger partial charge in [0.05, 0.1) is 6.17 Å². The lowest BCUT2D eigenvalue weighted by Crippen LogP contribution is -2.43. The fraction of sp³-hybridized carbons (Fsp3) is 0.900. The predicted molar refractivity (Wildman–Crippen MR) is 50.9 cm³/mol. The first-order chi connectivity index (χ1) is 6.29. The summed E-state index contributed by atoms with van der Waals surface area (Å²) in [5.41, 5.74) is 5.85. The van der Waals surface area contributed by atoms with Crippen molar-refractivity contribution in [3.8, 4) is 0 Å². The van der Waals surface area contributed by atoms with Crippen molar-refractivity contribution in [1.29, 1.82) is 0 Å². The predicted octanol–water partition coefficient (Wildman–Crippen LogP) is 1.08. The number of rotatable bonds is 1. The van der Waals surface area contributed by atoms with Crippen molar-refractivity contribution >= 4 is 5.91 Å². The molecule has 74 valence electrons. The highest BCUT2D eigenvalue weighted by Crippen LogP contribution is 2.28. The van der Waals surface area contributed by atoms with E-state index in [1.165, 1.54) is 12.8 Å². The van der Waals surface area contributed by atoms with Crippen molar-refractivity contribution in [1.82, 2.24) is 4.90 Å². The highest BCUT2D eigenvalue weighted by molar-refractivity contribution is 5.79. The highest BCUT2D eigenvalue weighted by atomic mass is 16.2. The summed E-state index contributed by atoms with van der Waals surface area (Å²) in [7, 11) is 0. The zero-order valence-electron chi connectivity index (χ0n) is 8.04. The summed E-state index contributed by atoms with van der Waals surface area (Å²) in [6, 6.07) is 0.